The molecule has 1 saturated carbocycles. The SMILES string of the molecule is COCCCC(NC(=O)NCCNC(=O)C1CC1)C(=O)O. The zero-order chi connectivity index (χ0) is 15.7. The van der Waals surface area contributed by atoms with Gasteiger partial charge in [0.05, 0.1) is 0 Å². The molecule has 0 spiro atoms. The number of carbonyl (C=O) groups excluding carboxylic acids is 2. The maximum Gasteiger partial charge on any atom is 0.326 e. The van der Waals surface area contributed by atoms with Gasteiger partial charge in [-0.25, -0.2) is 9.59 Å². The van der Waals surface area contributed by atoms with Gasteiger partial charge in [0.15, 0.2) is 0 Å². The predicted octanol–water partition coefficient (Wildman–Crippen LogP) is -0.308. The van der Waals surface area contributed by atoms with E-state index in [1.165, 1.54) is 7.11 Å². The summed E-state index contributed by atoms with van der Waals surface area (Å²) in [4.78, 5) is 33.9. The number of ether oxygens (including phenoxy) is 1. The Morgan fingerprint density at radius 3 is 2.48 bits per heavy atom. The molecule has 0 aromatic rings. The second kappa shape index (κ2) is 9.17. The molecular formula is C13H23N3O5. The van der Waals surface area contributed by atoms with Crippen molar-refractivity contribution in [1.82, 2.24) is 16.0 Å². The highest BCUT2D eigenvalue weighted by atomic mass is 16.5. The van der Waals surface area contributed by atoms with Crippen molar-refractivity contribution in [3.63, 3.8) is 0 Å². The monoisotopic (exact) mass is 301 g/mol. The molecule has 1 aliphatic rings. The maximum atomic E-state index is 11.6. The summed E-state index contributed by atoms with van der Waals surface area (Å²) in [6, 6.07) is -1.50. The molecular weight excluding hydrogens is 278 g/mol. The van der Waals surface area contributed by atoms with Gasteiger partial charge in [-0.3, -0.25) is 4.79 Å². The number of aliphatic carboxylic acids is 1. The largest absolute Gasteiger partial charge is 0.480 e. The molecule has 0 heterocycles. The van der Waals surface area contributed by atoms with Crippen molar-refractivity contribution >= 4 is 17.9 Å². The Morgan fingerprint density at radius 2 is 1.90 bits per heavy atom. The van der Waals surface area contributed by atoms with Gasteiger partial charge in [-0.1, -0.05) is 0 Å². The van der Waals surface area contributed by atoms with Crippen LogP contribution in [0.15, 0.2) is 0 Å². The smallest absolute Gasteiger partial charge is 0.326 e. The first-order valence-corrected chi connectivity index (χ1v) is 7.08. The number of carboxylic acid groups (broad SMARTS) is 1. The number of rotatable bonds is 10. The summed E-state index contributed by atoms with van der Waals surface area (Å²) in [5.74, 6) is -0.931. The lowest BCUT2D eigenvalue weighted by molar-refractivity contribution is -0.139. The second-order valence-electron chi connectivity index (χ2n) is 4.99. The van der Waals surface area contributed by atoms with Crippen LogP contribution in [0.4, 0.5) is 4.79 Å². The number of amides is 3. The first kappa shape index (κ1) is 17.2. The lowest BCUT2D eigenvalue weighted by atomic mass is 10.1. The van der Waals surface area contributed by atoms with Crippen LogP contribution < -0.4 is 16.0 Å². The summed E-state index contributed by atoms with van der Waals surface area (Å²) in [6.45, 7) is 1.04. The van der Waals surface area contributed by atoms with Gasteiger partial charge < -0.3 is 25.8 Å². The molecule has 0 bridgehead atoms. The third-order valence-electron chi connectivity index (χ3n) is 3.10. The molecule has 1 rings (SSSR count). The van der Waals surface area contributed by atoms with E-state index < -0.39 is 18.0 Å². The zero-order valence-electron chi connectivity index (χ0n) is 12.2. The lowest BCUT2D eigenvalue weighted by Gasteiger charge is -2.15. The van der Waals surface area contributed by atoms with Gasteiger partial charge in [0.1, 0.15) is 6.04 Å². The Balaban J connectivity index is 2.13. The summed E-state index contributed by atoms with van der Waals surface area (Å²) < 4.78 is 4.84. The Labute approximate surface area is 123 Å². The van der Waals surface area contributed by atoms with Crippen LogP contribution in [0.5, 0.6) is 0 Å². The van der Waals surface area contributed by atoms with Crippen LogP contribution in [0.25, 0.3) is 0 Å². The average Bonchev–Trinajstić information content (AvgIpc) is 3.26. The number of urea groups is 1. The molecule has 120 valence electrons. The van der Waals surface area contributed by atoms with Gasteiger partial charge in [0, 0.05) is 32.7 Å². The predicted molar refractivity (Wildman–Crippen MR) is 74.8 cm³/mol. The number of hydrogen-bond donors (Lipinski definition) is 4. The van der Waals surface area contributed by atoms with Gasteiger partial charge in [-0.2, -0.15) is 0 Å². The van der Waals surface area contributed by atoms with Crippen LogP contribution in [0.1, 0.15) is 25.7 Å². The third kappa shape index (κ3) is 7.50. The molecule has 4 N–H and O–H groups in total. The third-order valence-corrected chi connectivity index (χ3v) is 3.10. The molecule has 0 saturated heterocycles. The van der Waals surface area contributed by atoms with Crippen molar-refractivity contribution in [2.24, 2.45) is 5.92 Å². The van der Waals surface area contributed by atoms with Gasteiger partial charge in [-0.15, -0.1) is 0 Å². The number of carbonyl (C=O) groups is 3. The Kier molecular flexibility index (Phi) is 7.52. The quantitative estimate of drug-likeness (QED) is 0.413. The first-order chi connectivity index (χ1) is 10.0. The van der Waals surface area contributed by atoms with E-state index in [-0.39, 0.29) is 18.4 Å². The highest BCUT2D eigenvalue weighted by molar-refractivity contribution is 5.82. The highest BCUT2D eigenvalue weighted by Gasteiger charge is 2.29. The summed E-state index contributed by atoms with van der Waals surface area (Å²) in [5, 5.41) is 16.6. The molecule has 8 nitrogen and oxygen atoms in total. The molecule has 1 fully saturated rings. The summed E-state index contributed by atoms with van der Waals surface area (Å²) >= 11 is 0. The Bertz CT molecular complexity index is 371. The van der Waals surface area contributed by atoms with Gasteiger partial charge in [0.2, 0.25) is 5.91 Å². The fraction of sp³-hybridized carbons (Fsp3) is 0.769. The van der Waals surface area contributed by atoms with Gasteiger partial charge >= 0.3 is 12.0 Å². The second-order valence-corrected chi connectivity index (χ2v) is 4.99. The Hall–Kier alpha value is -1.83. The molecule has 0 aromatic heterocycles. The Morgan fingerprint density at radius 1 is 1.24 bits per heavy atom. The van der Waals surface area contributed by atoms with Crippen molar-refractivity contribution in [2.45, 2.75) is 31.7 Å². The standard InChI is InChI=1S/C13H23N3O5/c1-21-8-2-3-10(12(18)19)16-13(20)15-7-6-14-11(17)9-4-5-9/h9-10H,2-8H2,1H3,(H,14,17)(H,18,19)(H2,15,16,20). The van der Waals surface area contributed by atoms with Crippen LogP contribution >= 0.6 is 0 Å². The lowest BCUT2D eigenvalue weighted by Crippen LogP contribution is -2.47. The van der Waals surface area contributed by atoms with Crippen LogP contribution in [0, 0.1) is 5.92 Å². The topological polar surface area (TPSA) is 117 Å². The van der Waals surface area contributed by atoms with E-state index in [1.54, 1.807) is 0 Å². The molecule has 3 amide bonds. The van der Waals surface area contributed by atoms with Crippen molar-refractivity contribution in [3.8, 4) is 0 Å². The highest BCUT2D eigenvalue weighted by Crippen LogP contribution is 2.28. The van der Waals surface area contributed by atoms with E-state index in [2.05, 4.69) is 16.0 Å². The van der Waals surface area contributed by atoms with Crippen LogP contribution in [0.2, 0.25) is 0 Å². The van der Waals surface area contributed by atoms with Crippen LogP contribution in [-0.2, 0) is 14.3 Å². The summed E-state index contributed by atoms with van der Waals surface area (Å²) in [7, 11) is 1.53. The van der Waals surface area contributed by atoms with Crippen molar-refractivity contribution in [3.05, 3.63) is 0 Å². The minimum atomic E-state index is -1.08. The summed E-state index contributed by atoms with van der Waals surface area (Å²) in [5.41, 5.74) is 0. The minimum absolute atomic E-state index is 0.0141. The number of nitrogens with one attached hydrogen (secondary N) is 3. The number of methoxy groups -OCH3 is 1. The molecule has 8 heteroatoms. The van der Waals surface area contributed by atoms with E-state index in [4.69, 9.17) is 9.84 Å². The van der Waals surface area contributed by atoms with Gasteiger partial charge in [-0.05, 0) is 25.7 Å². The van der Waals surface area contributed by atoms with E-state index >= 15 is 0 Å². The maximum absolute atomic E-state index is 11.6. The normalized spacial score (nSPS) is 15.1. The van der Waals surface area contributed by atoms with E-state index in [1.807, 2.05) is 0 Å². The molecule has 0 aliphatic heterocycles. The number of carboxylic acids is 1. The average molecular weight is 301 g/mol. The summed E-state index contributed by atoms with van der Waals surface area (Å²) in [6.07, 6.45) is 2.71. The molecule has 0 radical (unpaired) electrons. The number of hydrogen-bond acceptors (Lipinski definition) is 4. The van der Waals surface area contributed by atoms with E-state index in [0.717, 1.165) is 12.8 Å². The molecule has 1 unspecified atom stereocenters. The van der Waals surface area contributed by atoms with Gasteiger partial charge in [0.25, 0.3) is 0 Å². The minimum Gasteiger partial charge on any atom is -0.480 e. The molecule has 0 aromatic carbocycles. The van der Waals surface area contributed by atoms with Crippen molar-refractivity contribution in [2.75, 3.05) is 26.8 Å². The molecule has 21 heavy (non-hydrogen) atoms. The van der Waals surface area contributed by atoms with E-state index in [9.17, 15) is 14.4 Å². The fourth-order valence-electron chi connectivity index (χ4n) is 1.75. The van der Waals surface area contributed by atoms with E-state index in [0.29, 0.717) is 26.0 Å². The van der Waals surface area contributed by atoms with Crippen LogP contribution in [0.3, 0.4) is 0 Å². The zero-order valence-corrected chi connectivity index (χ0v) is 12.2. The van der Waals surface area contributed by atoms with Crippen molar-refractivity contribution in [1.29, 1.82) is 0 Å². The molecule has 1 atom stereocenters. The molecule has 1 aliphatic carbocycles. The van der Waals surface area contributed by atoms with Crippen molar-refractivity contribution < 1.29 is 24.2 Å². The van der Waals surface area contributed by atoms with Crippen LogP contribution in [-0.4, -0.2) is 55.9 Å². The first-order valence-electron chi connectivity index (χ1n) is 7.08. The fourth-order valence-corrected chi connectivity index (χ4v) is 1.75.